The molecule has 2 aliphatic rings. The van der Waals surface area contributed by atoms with Gasteiger partial charge in [0.15, 0.2) is 0 Å². The summed E-state index contributed by atoms with van der Waals surface area (Å²) in [5.74, 6) is 2.14. The smallest absolute Gasteiger partial charge is 0.109 e. The number of ether oxygens (including phenoxy) is 1. The van der Waals surface area contributed by atoms with Gasteiger partial charge in [-0.2, -0.15) is 0 Å². The molecule has 0 radical (unpaired) electrons. The van der Waals surface area contributed by atoms with E-state index in [0.29, 0.717) is 6.04 Å². The standard InChI is InChI=1S/C15H27NO/c1-2-16-14(15-10-6-7-11-17-15)12-13-8-4-3-5-9-13/h10,13-14,16H,2-9,11-12H2,1H3. The van der Waals surface area contributed by atoms with Crippen LogP contribution in [0.3, 0.4) is 0 Å². The molecule has 0 bridgehead atoms. The zero-order chi connectivity index (χ0) is 11.9. The molecule has 1 unspecified atom stereocenters. The summed E-state index contributed by atoms with van der Waals surface area (Å²) >= 11 is 0. The molecule has 2 heteroatoms. The van der Waals surface area contributed by atoms with Crippen LogP contribution >= 0.6 is 0 Å². The van der Waals surface area contributed by atoms with Gasteiger partial charge in [0, 0.05) is 0 Å². The molecule has 2 nitrogen and oxygen atoms in total. The highest BCUT2D eigenvalue weighted by Gasteiger charge is 2.22. The van der Waals surface area contributed by atoms with Gasteiger partial charge in [0.1, 0.15) is 5.76 Å². The highest BCUT2D eigenvalue weighted by molar-refractivity contribution is 5.06. The molecule has 1 N–H and O–H groups in total. The lowest BCUT2D eigenvalue weighted by molar-refractivity contribution is 0.156. The number of hydrogen-bond acceptors (Lipinski definition) is 2. The summed E-state index contributed by atoms with van der Waals surface area (Å²) in [6, 6.07) is 0.475. The number of hydrogen-bond donors (Lipinski definition) is 1. The average Bonchev–Trinajstić information content (AvgIpc) is 2.40. The second-order valence-electron chi connectivity index (χ2n) is 5.45. The second kappa shape index (κ2) is 7.05. The molecule has 1 aliphatic heterocycles. The molecular formula is C15H27NO. The van der Waals surface area contributed by atoms with Crippen molar-refractivity contribution < 1.29 is 4.74 Å². The van der Waals surface area contributed by atoms with Crippen molar-refractivity contribution in [3.05, 3.63) is 11.8 Å². The fourth-order valence-electron chi connectivity index (χ4n) is 3.12. The van der Waals surface area contributed by atoms with E-state index in [9.17, 15) is 0 Å². The van der Waals surface area contributed by atoms with Crippen LogP contribution in [0.25, 0.3) is 0 Å². The van der Waals surface area contributed by atoms with Gasteiger partial charge in [0.25, 0.3) is 0 Å². The summed E-state index contributed by atoms with van der Waals surface area (Å²) < 4.78 is 5.83. The van der Waals surface area contributed by atoms with Crippen LogP contribution in [0.2, 0.25) is 0 Å². The molecule has 0 spiro atoms. The van der Waals surface area contributed by atoms with Crippen molar-refractivity contribution in [3.63, 3.8) is 0 Å². The quantitative estimate of drug-likeness (QED) is 0.788. The zero-order valence-electron chi connectivity index (χ0n) is 11.2. The van der Waals surface area contributed by atoms with E-state index in [-0.39, 0.29) is 0 Å². The normalized spacial score (nSPS) is 23.9. The Bertz CT molecular complexity index is 243. The van der Waals surface area contributed by atoms with E-state index in [0.717, 1.165) is 19.1 Å². The van der Waals surface area contributed by atoms with Crippen molar-refractivity contribution in [2.45, 2.75) is 64.3 Å². The van der Waals surface area contributed by atoms with Gasteiger partial charge >= 0.3 is 0 Å². The first-order chi connectivity index (χ1) is 8.40. The summed E-state index contributed by atoms with van der Waals surface area (Å²) in [6.07, 6.45) is 13.1. The maximum absolute atomic E-state index is 5.83. The lowest BCUT2D eigenvalue weighted by Gasteiger charge is -2.29. The van der Waals surface area contributed by atoms with Gasteiger partial charge in [-0.1, -0.05) is 39.0 Å². The van der Waals surface area contributed by atoms with Crippen molar-refractivity contribution in [1.82, 2.24) is 5.32 Å². The second-order valence-corrected chi connectivity index (χ2v) is 5.45. The SMILES string of the molecule is CCNC(CC1CCCCC1)C1=CCCCO1. The molecule has 1 fully saturated rings. The topological polar surface area (TPSA) is 21.3 Å². The Labute approximate surface area is 106 Å². The van der Waals surface area contributed by atoms with Crippen LogP contribution in [-0.2, 0) is 4.74 Å². The van der Waals surface area contributed by atoms with Crippen LogP contribution in [-0.4, -0.2) is 19.2 Å². The van der Waals surface area contributed by atoms with Gasteiger partial charge in [-0.15, -0.1) is 0 Å². The third kappa shape index (κ3) is 4.02. The van der Waals surface area contributed by atoms with E-state index in [4.69, 9.17) is 4.74 Å². The maximum Gasteiger partial charge on any atom is 0.109 e. The minimum atomic E-state index is 0.475. The lowest BCUT2D eigenvalue weighted by atomic mass is 9.84. The van der Waals surface area contributed by atoms with Crippen LogP contribution in [0.5, 0.6) is 0 Å². The largest absolute Gasteiger partial charge is 0.497 e. The first kappa shape index (κ1) is 12.9. The number of nitrogens with one attached hydrogen (secondary N) is 1. The van der Waals surface area contributed by atoms with Crippen LogP contribution < -0.4 is 5.32 Å². The van der Waals surface area contributed by atoms with Gasteiger partial charge in [0.05, 0.1) is 12.6 Å². The Morgan fingerprint density at radius 3 is 2.76 bits per heavy atom. The first-order valence-corrected chi connectivity index (χ1v) is 7.46. The number of likely N-dealkylation sites (N-methyl/N-ethyl adjacent to an activating group) is 1. The Kier molecular flexibility index (Phi) is 5.37. The van der Waals surface area contributed by atoms with Gasteiger partial charge < -0.3 is 10.1 Å². The molecule has 1 saturated carbocycles. The Morgan fingerprint density at radius 1 is 1.29 bits per heavy atom. The minimum absolute atomic E-state index is 0.475. The monoisotopic (exact) mass is 237 g/mol. The fraction of sp³-hybridized carbons (Fsp3) is 0.867. The maximum atomic E-state index is 5.83. The molecule has 17 heavy (non-hydrogen) atoms. The Hall–Kier alpha value is -0.500. The van der Waals surface area contributed by atoms with Crippen molar-refractivity contribution in [2.24, 2.45) is 5.92 Å². The lowest BCUT2D eigenvalue weighted by Crippen LogP contribution is -2.35. The number of rotatable bonds is 5. The van der Waals surface area contributed by atoms with Crippen LogP contribution in [0, 0.1) is 5.92 Å². The zero-order valence-corrected chi connectivity index (χ0v) is 11.2. The van der Waals surface area contributed by atoms with E-state index < -0.39 is 0 Å². The summed E-state index contributed by atoms with van der Waals surface area (Å²) in [7, 11) is 0. The van der Waals surface area contributed by atoms with Crippen LogP contribution in [0.1, 0.15) is 58.3 Å². The Morgan fingerprint density at radius 2 is 2.12 bits per heavy atom. The van der Waals surface area contributed by atoms with Crippen molar-refractivity contribution in [2.75, 3.05) is 13.2 Å². The number of allylic oxidation sites excluding steroid dienone is 1. The van der Waals surface area contributed by atoms with Gasteiger partial charge in [0.2, 0.25) is 0 Å². The molecule has 0 aromatic rings. The predicted octanol–water partition coefficient (Wildman–Crippen LogP) is 3.63. The molecular weight excluding hydrogens is 210 g/mol. The highest BCUT2D eigenvalue weighted by atomic mass is 16.5. The highest BCUT2D eigenvalue weighted by Crippen LogP contribution is 2.29. The van der Waals surface area contributed by atoms with Crippen molar-refractivity contribution >= 4 is 0 Å². The van der Waals surface area contributed by atoms with Crippen LogP contribution in [0.15, 0.2) is 11.8 Å². The van der Waals surface area contributed by atoms with Crippen LogP contribution in [0.4, 0.5) is 0 Å². The summed E-state index contributed by atoms with van der Waals surface area (Å²) in [5.41, 5.74) is 0. The van der Waals surface area contributed by atoms with E-state index in [1.54, 1.807) is 0 Å². The van der Waals surface area contributed by atoms with Crippen molar-refractivity contribution in [3.8, 4) is 0 Å². The minimum Gasteiger partial charge on any atom is -0.497 e. The molecule has 98 valence electrons. The molecule has 0 aromatic heterocycles. The van der Waals surface area contributed by atoms with E-state index >= 15 is 0 Å². The van der Waals surface area contributed by atoms with E-state index in [2.05, 4.69) is 18.3 Å². The molecule has 0 aromatic carbocycles. The van der Waals surface area contributed by atoms with E-state index in [1.807, 2.05) is 0 Å². The molecule has 2 rings (SSSR count). The third-order valence-electron chi connectivity index (χ3n) is 4.05. The van der Waals surface area contributed by atoms with Crippen molar-refractivity contribution in [1.29, 1.82) is 0 Å². The predicted molar refractivity (Wildman–Crippen MR) is 71.9 cm³/mol. The van der Waals surface area contributed by atoms with E-state index in [1.165, 1.54) is 57.1 Å². The molecule has 1 aliphatic carbocycles. The molecule has 1 heterocycles. The summed E-state index contributed by atoms with van der Waals surface area (Å²) in [5, 5.41) is 3.61. The summed E-state index contributed by atoms with van der Waals surface area (Å²) in [4.78, 5) is 0. The first-order valence-electron chi connectivity index (χ1n) is 7.46. The molecule has 0 amide bonds. The van der Waals surface area contributed by atoms with Gasteiger partial charge in [-0.05, 0) is 37.8 Å². The van der Waals surface area contributed by atoms with Gasteiger partial charge in [-0.3, -0.25) is 0 Å². The fourth-order valence-corrected chi connectivity index (χ4v) is 3.12. The van der Waals surface area contributed by atoms with Gasteiger partial charge in [-0.25, -0.2) is 0 Å². The third-order valence-corrected chi connectivity index (χ3v) is 4.05. The summed E-state index contributed by atoms with van der Waals surface area (Å²) in [6.45, 7) is 4.15. The molecule has 1 atom stereocenters. The molecule has 0 saturated heterocycles. The Balaban J connectivity index is 1.88. The average molecular weight is 237 g/mol.